The highest BCUT2D eigenvalue weighted by Gasteiger charge is 2.34. The summed E-state index contributed by atoms with van der Waals surface area (Å²) in [6.07, 6.45) is -4.67. The standard InChI is InChI=1S/C18H21F3N4O3/c1-10(2)13(9-26)23-17-24-14(18(19,20)21)8-15(25-17)22-12-6-4-11(5-7-12)16(27)28-3/h4-8,10,13,26H,9H2,1-3H3,(H2,22,23,24,25)/t13-/m1/s1. The van der Waals surface area contributed by atoms with Gasteiger partial charge in [-0.1, -0.05) is 13.8 Å². The van der Waals surface area contributed by atoms with Gasteiger partial charge in [-0.05, 0) is 30.2 Å². The highest BCUT2D eigenvalue weighted by molar-refractivity contribution is 5.89. The van der Waals surface area contributed by atoms with E-state index in [0.717, 1.165) is 6.07 Å². The predicted octanol–water partition coefficient (Wildman–Crippen LogP) is 3.45. The number of methoxy groups -OCH3 is 1. The van der Waals surface area contributed by atoms with Crippen LogP contribution in [-0.4, -0.2) is 40.8 Å². The van der Waals surface area contributed by atoms with Gasteiger partial charge in [0.2, 0.25) is 5.95 Å². The van der Waals surface area contributed by atoms with Crippen LogP contribution in [0.15, 0.2) is 30.3 Å². The molecule has 0 bridgehead atoms. The second kappa shape index (κ2) is 8.87. The first-order valence-electron chi connectivity index (χ1n) is 8.43. The fourth-order valence-corrected chi connectivity index (χ4v) is 2.27. The van der Waals surface area contributed by atoms with Crippen LogP contribution in [0.4, 0.5) is 30.6 Å². The van der Waals surface area contributed by atoms with Gasteiger partial charge in [-0.3, -0.25) is 0 Å². The Morgan fingerprint density at radius 3 is 2.36 bits per heavy atom. The molecule has 0 radical (unpaired) electrons. The number of halogens is 3. The van der Waals surface area contributed by atoms with Gasteiger partial charge in [-0.2, -0.15) is 18.2 Å². The Morgan fingerprint density at radius 2 is 1.86 bits per heavy atom. The maximum absolute atomic E-state index is 13.2. The summed E-state index contributed by atoms with van der Waals surface area (Å²) < 4.78 is 44.2. The van der Waals surface area contributed by atoms with Crippen molar-refractivity contribution in [1.29, 1.82) is 0 Å². The summed E-state index contributed by atoms with van der Waals surface area (Å²) in [6.45, 7) is 3.34. The molecular weight excluding hydrogens is 377 g/mol. The third kappa shape index (κ3) is 5.56. The number of anilines is 3. The van der Waals surface area contributed by atoms with Crippen LogP contribution in [-0.2, 0) is 10.9 Å². The van der Waals surface area contributed by atoms with E-state index >= 15 is 0 Å². The SMILES string of the molecule is COC(=O)c1ccc(Nc2cc(C(F)(F)F)nc(N[C@H](CO)C(C)C)n2)cc1. The summed E-state index contributed by atoms with van der Waals surface area (Å²) in [5.74, 6) is -0.916. The lowest BCUT2D eigenvalue weighted by molar-refractivity contribution is -0.141. The van der Waals surface area contributed by atoms with Crippen molar-refractivity contribution in [2.45, 2.75) is 26.1 Å². The molecular formula is C18H21F3N4O3. The molecule has 0 saturated carbocycles. The van der Waals surface area contributed by atoms with Gasteiger partial charge in [0.15, 0.2) is 5.69 Å². The summed E-state index contributed by atoms with van der Waals surface area (Å²) in [5, 5.41) is 14.9. The molecule has 7 nitrogen and oxygen atoms in total. The molecule has 10 heteroatoms. The van der Waals surface area contributed by atoms with E-state index in [9.17, 15) is 23.1 Å². The summed E-state index contributed by atoms with van der Waals surface area (Å²) in [6, 6.07) is 6.25. The maximum Gasteiger partial charge on any atom is 0.433 e. The van der Waals surface area contributed by atoms with E-state index in [1.54, 1.807) is 0 Å². The van der Waals surface area contributed by atoms with E-state index in [-0.39, 0.29) is 24.3 Å². The summed E-state index contributed by atoms with van der Waals surface area (Å²) in [5.41, 5.74) is -0.399. The smallest absolute Gasteiger partial charge is 0.433 e. The third-order valence-corrected chi connectivity index (χ3v) is 3.91. The van der Waals surface area contributed by atoms with Gasteiger partial charge < -0.3 is 20.5 Å². The predicted molar refractivity (Wildman–Crippen MR) is 97.4 cm³/mol. The van der Waals surface area contributed by atoms with Gasteiger partial charge in [0, 0.05) is 11.8 Å². The first-order valence-corrected chi connectivity index (χ1v) is 8.43. The highest BCUT2D eigenvalue weighted by Crippen LogP contribution is 2.30. The zero-order valence-electron chi connectivity index (χ0n) is 15.5. The molecule has 28 heavy (non-hydrogen) atoms. The average molecular weight is 398 g/mol. The molecule has 0 unspecified atom stereocenters. The van der Waals surface area contributed by atoms with E-state index in [4.69, 9.17) is 0 Å². The zero-order valence-corrected chi connectivity index (χ0v) is 15.5. The second-order valence-electron chi connectivity index (χ2n) is 6.33. The minimum Gasteiger partial charge on any atom is -0.465 e. The van der Waals surface area contributed by atoms with Gasteiger partial charge in [-0.15, -0.1) is 0 Å². The molecule has 0 fully saturated rings. The molecule has 2 aromatic rings. The van der Waals surface area contributed by atoms with Gasteiger partial charge in [-0.25, -0.2) is 9.78 Å². The Bertz CT molecular complexity index is 811. The van der Waals surface area contributed by atoms with Crippen LogP contribution < -0.4 is 10.6 Å². The molecule has 0 spiro atoms. The number of hydrogen-bond acceptors (Lipinski definition) is 7. The van der Waals surface area contributed by atoms with Gasteiger partial charge in [0.1, 0.15) is 5.82 Å². The average Bonchev–Trinajstić information content (AvgIpc) is 2.65. The van der Waals surface area contributed by atoms with E-state index in [2.05, 4.69) is 25.3 Å². The molecule has 2 rings (SSSR count). The molecule has 3 N–H and O–H groups in total. The van der Waals surface area contributed by atoms with Crippen LogP contribution in [0, 0.1) is 5.92 Å². The minimum absolute atomic E-state index is 0.0505. The first-order chi connectivity index (χ1) is 13.1. The Kier molecular flexibility index (Phi) is 6.79. The summed E-state index contributed by atoms with van der Waals surface area (Å²) in [7, 11) is 1.25. The van der Waals surface area contributed by atoms with Crippen LogP contribution >= 0.6 is 0 Å². The zero-order chi connectivity index (χ0) is 20.9. The normalized spacial score (nSPS) is 12.6. The van der Waals surface area contributed by atoms with Crippen LogP contribution in [0.25, 0.3) is 0 Å². The van der Waals surface area contributed by atoms with E-state index in [1.165, 1.54) is 31.4 Å². The van der Waals surface area contributed by atoms with Crippen molar-refractivity contribution >= 4 is 23.4 Å². The number of esters is 1. The second-order valence-corrected chi connectivity index (χ2v) is 6.33. The monoisotopic (exact) mass is 398 g/mol. The van der Waals surface area contributed by atoms with Crippen molar-refractivity contribution in [3.8, 4) is 0 Å². The molecule has 1 aromatic heterocycles. The topological polar surface area (TPSA) is 96.4 Å². The molecule has 0 aliphatic heterocycles. The lowest BCUT2D eigenvalue weighted by atomic mass is 10.1. The number of nitrogens with zero attached hydrogens (tertiary/aromatic N) is 2. The Balaban J connectivity index is 2.32. The Morgan fingerprint density at radius 1 is 1.21 bits per heavy atom. The largest absolute Gasteiger partial charge is 0.465 e. The lowest BCUT2D eigenvalue weighted by Gasteiger charge is -2.21. The number of nitrogens with one attached hydrogen (secondary N) is 2. The van der Waals surface area contributed by atoms with Crippen LogP contribution in [0.1, 0.15) is 29.9 Å². The number of aromatic nitrogens is 2. The number of hydrogen-bond donors (Lipinski definition) is 3. The lowest BCUT2D eigenvalue weighted by Crippen LogP contribution is -2.30. The number of aliphatic hydroxyl groups excluding tert-OH is 1. The first kappa shape index (κ1) is 21.4. The van der Waals surface area contributed by atoms with Crippen molar-refractivity contribution < 1.29 is 27.8 Å². The Hall–Kier alpha value is -2.88. The minimum atomic E-state index is -4.67. The van der Waals surface area contributed by atoms with Crippen LogP contribution in [0.5, 0.6) is 0 Å². The van der Waals surface area contributed by atoms with E-state index in [0.29, 0.717) is 11.3 Å². The number of rotatable bonds is 7. The quantitative estimate of drug-likeness (QED) is 0.615. The fourth-order valence-electron chi connectivity index (χ4n) is 2.27. The number of ether oxygens (including phenoxy) is 1. The van der Waals surface area contributed by atoms with E-state index < -0.39 is 23.9 Å². The molecule has 0 aliphatic rings. The van der Waals surface area contributed by atoms with E-state index in [1.807, 2.05) is 13.8 Å². The number of carbonyl (C=O) groups is 1. The molecule has 152 valence electrons. The highest BCUT2D eigenvalue weighted by atomic mass is 19.4. The number of alkyl halides is 3. The molecule has 1 heterocycles. The fraction of sp³-hybridized carbons (Fsp3) is 0.389. The molecule has 0 amide bonds. The molecule has 1 aromatic carbocycles. The number of benzene rings is 1. The third-order valence-electron chi connectivity index (χ3n) is 3.91. The molecule has 1 atom stereocenters. The van der Waals surface area contributed by atoms with Gasteiger partial charge in [0.05, 0.1) is 25.3 Å². The van der Waals surface area contributed by atoms with Crippen molar-refractivity contribution in [1.82, 2.24) is 9.97 Å². The molecule has 0 saturated heterocycles. The van der Waals surface area contributed by atoms with Crippen molar-refractivity contribution in [3.05, 3.63) is 41.6 Å². The van der Waals surface area contributed by atoms with Gasteiger partial charge in [0.25, 0.3) is 0 Å². The molecule has 0 aliphatic carbocycles. The number of aliphatic hydroxyl groups is 1. The van der Waals surface area contributed by atoms with Crippen molar-refractivity contribution in [3.63, 3.8) is 0 Å². The summed E-state index contributed by atoms with van der Waals surface area (Å²) >= 11 is 0. The van der Waals surface area contributed by atoms with Gasteiger partial charge >= 0.3 is 12.1 Å². The van der Waals surface area contributed by atoms with Crippen molar-refractivity contribution in [2.75, 3.05) is 24.4 Å². The number of carbonyl (C=O) groups excluding carboxylic acids is 1. The van der Waals surface area contributed by atoms with Crippen LogP contribution in [0.2, 0.25) is 0 Å². The Labute approximate surface area is 160 Å². The summed E-state index contributed by atoms with van der Waals surface area (Å²) in [4.78, 5) is 19.0. The van der Waals surface area contributed by atoms with Crippen molar-refractivity contribution in [2.24, 2.45) is 5.92 Å². The van der Waals surface area contributed by atoms with Crippen LogP contribution in [0.3, 0.4) is 0 Å². The maximum atomic E-state index is 13.2.